The van der Waals surface area contributed by atoms with Crippen LogP contribution in [0.3, 0.4) is 0 Å². The molecule has 0 aliphatic heterocycles. The summed E-state index contributed by atoms with van der Waals surface area (Å²) in [6, 6.07) is 1.56. The monoisotopic (exact) mass is 292 g/mol. The average Bonchev–Trinajstić information content (AvgIpc) is 2.18. The van der Waals surface area contributed by atoms with Gasteiger partial charge in [0.1, 0.15) is 16.8 Å². The fraction of sp³-hybridized carbons (Fsp3) is 0.143. The number of hydrogen-bond acceptors (Lipinski definition) is 4. The van der Waals surface area contributed by atoms with Crippen LogP contribution in [-0.4, -0.2) is 21.6 Å². The number of halogens is 1. The zero-order chi connectivity index (χ0) is 11.4. The standard InChI is InChI=1S/C7H9BrN4O2S/c8-4-1-5(7(10)11-2-4)15(14)12-3-6(9)13/h1-2,12H,3H2,(H2,9,13)(H2,10,11). The van der Waals surface area contributed by atoms with Gasteiger partial charge in [0.15, 0.2) is 0 Å². The maximum Gasteiger partial charge on any atom is 0.232 e. The molecule has 82 valence electrons. The number of hydrogen-bond donors (Lipinski definition) is 3. The molecule has 0 spiro atoms. The van der Waals surface area contributed by atoms with E-state index < -0.39 is 16.9 Å². The van der Waals surface area contributed by atoms with E-state index in [4.69, 9.17) is 11.5 Å². The van der Waals surface area contributed by atoms with Crippen molar-refractivity contribution in [2.45, 2.75) is 4.90 Å². The predicted octanol–water partition coefficient (Wildman–Crippen LogP) is -0.476. The molecule has 1 amide bonds. The first-order valence-corrected chi connectivity index (χ1v) is 5.79. The summed E-state index contributed by atoms with van der Waals surface area (Å²) >= 11 is 3.17. The molecule has 1 unspecified atom stereocenters. The number of aromatic nitrogens is 1. The van der Waals surface area contributed by atoms with Crippen LogP contribution < -0.4 is 16.2 Å². The van der Waals surface area contributed by atoms with Crippen molar-refractivity contribution < 1.29 is 9.00 Å². The normalized spacial score (nSPS) is 12.3. The minimum absolute atomic E-state index is 0.147. The Bertz CT molecular complexity index is 412. The number of nitrogens with two attached hydrogens (primary N) is 2. The van der Waals surface area contributed by atoms with Crippen molar-refractivity contribution in [1.82, 2.24) is 9.71 Å². The molecule has 5 N–H and O–H groups in total. The Morgan fingerprint density at radius 1 is 1.67 bits per heavy atom. The van der Waals surface area contributed by atoms with Gasteiger partial charge in [-0.05, 0) is 22.0 Å². The maximum absolute atomic E-state index is 11.6. The van der Waals surface area contributed by atoms with E-state index in [1.54, 1.807) is 6.07 Å². The Balaban J connectivity index is 2.81. The number of amides is 1. The lowest BCUT2D eigenvalue weighted by Gasteiger charge is -2.05. The van der Waals surface area contributed by atoms with Crippen LogP contribution in [0.5, 0.6) is 0 Å². The van der Waals surface area contributed by atoms with E-state index in [2.05, 4.69) is 25.6 Å². The largest absolute Gasteiger partial charge is 0.383 e. The second kappa shape index (κ2) is 5.19. The van der Waals surface area contributed by atoms with Crippen molar-refractivity contribution in [3.8, 4) is 0 Å². The van der Waals surface area contributed by atoms with Crippen LogP contribution in [0.15, 0.2) is 21.6 Å². The van der Waals surface area contributed by atoms with Gasteiger partial charge in [0.25, 0.3) is 0 Å². The van der Waals surface area contributed by atoms with Gasteiger partial charge in [-0.1, -0.05) is 0 Å². The van der Waals surface area contributed by atoms with Crippen LogP contribution in [0.2, 0.25) is 0 Å². The lowest BCUT2D eigenvalue weighted by molar-refractivity contribution is -0.116. The van der Waals surface area contributed by atoms with Gasteiger partial charge in [-0.25, -0.2) is 13.9 Å². The summed E-state index contributed by atoms with van der Waals surface area (Å²) in [5.41, 5.74) is 10.4. The third-order valence-corrected chi connectivity index (χ3v) is 2.99. The molecule has 0 fully saturated rings. The number of pyridine rings is 1. The summed E-state index contributed by atoms with van der Waals surface area (Å²) in [6.45, 7) is -0.182. The molecule has 0 saturated carbocycles. The van der Waals surface area contributed by atoms with Gasteiger partial charge < -0.3 is 11.5 Å². The van der Waals surface area contributed by atoms with E-state index in [1.165, 1.54) is 6.20 Å². The molecule has 6 nitrogen and oxygen atoms in total. The molecule has 0 aliphatic carbocycles. The van der Waals surface area contributed by atoms with Crippen LogP contribution >= 0.6 is 15.9 Å². The summed E-state index contributed by atoms with van der Waals surface area (Å²) in [6.07, 6.45) is 1.49. The van der Waals surface area contributed by atoms with Crippen molar-refractivity contribution in [1.29, 1.82) is 0 Å². The highest BCUT2D eigenvalue weighted by molar-refractivity contribution is 9.10. The SMILES string of the molecule is NC(=O)CNS(=O)c1cc(Br)cnc1N. The highest BCUT2D eigenvalue weighted by Crippen LogP contribution is 2.17. The Hall–Kier alpha value is -0.990. The quantitative estimate of drug-likeness (QED) is 0.696. The molecular formula is C7H9BrN4O2S. The molecule has 1 rings (SSSR count). The number of nitrogen functional groups attached to an aromatic ring is 1. The van der Waals surface area contributed by atoms with Crippen molar-refractivity contribution in [3.63, 3.8) is 0 Å². The van der Waals surface area contributed by atoms with Crippen molar-refractivity contribution in [2.24, 2.45) is 5.73 Å². The summed E-state index contributed by atoms with van der Waals surface area (Å²) in [5, 5.41) is 0. The lowest BCUT2D eigenvalue weighted by atomic mass is 10.5. The van der Waals surface area contributed by atoms with Gasteiger partial charge in [-0.2, -0.15) is 0 Å². The van der Waals surface area contributed by atoms with Crippen LogP contribution in [0, 0.1) is 0 Å². The van der Waals surface area contributed by atoms with Crippen LogP contribution in [-0.2, 0) is 15.8 Å². The number of rotatable bonds is 4. The first kappa shape index (κ1) is 12.1. The van der Waals surface area contributed by atoms with E-state index >= 15 is 0 Å². The maximum atomic E-state index is 11.6. The summed E-state index contributed by atoms with van der Waals surface area (Å²) in [7, 11) is -1.59. The topological polar surface area (TPSA) is 111 Å². The molecule has 1 aromatic rings. The van der Waals surface area contributed by atoms with Crippen LogP contribution in [0.1, 0.15) is 0 Å². The Labute approximate surface area is 97.1 Å². The van der Waals surface area contributed by atoms with E-state index in [1.807, 2.05) is 0 Å². The molecular weight excluding hydrogens is 284 g/mol. The first-order valence-electron chi connectivity index (χ1n) is 3.85. The molecule has 0 radical (unpaired) electrons. The first-order chi connectivity index (χ1) is 7.00. The Morgan fingerprint density at radius 2 is 2.33 bits per heavy atom. The number of primary amides is 1. The zero-order valence-corrected chi connectivity index (χ0v) is 9.97. The van der Waals surface area contributed by atoms with Crippen molar-refractivity contribution >= 4 is 38.6 Å². The van der Waals surface area contributed by atoms with E-state index in [9.17, 15) is 9.00 Å². The van der Waals surface area contributed by atoms with Crippen molar-refractivity contribution in [3.05, 3.63) is 16.7 Å². The Kier molecular flexibility index (Phi) is 4.18. The molecule has 0 saturated heterocycles. The number of carbonyl (C=O) groups is 1. The predicted molar refractivity (Wildman–Crippen MR) is 60.0 cm³/mol. The number of anilines is 1. The van der Waals surface area contributed by atoms with E-state index in [0.29, 0.717) is 9.37 Å². The molecule has 15 heavy (non-hydrogen) atoms. The molecule has 1 heterocycles. The van der Waals surface area contributed by atoms with Gasteiger partial charge in [-0.15, -0.1) is 0 Å². The second-order valence-electron chi connectivity index (χ2n) is 2.59. The lowest BCUT2D eigenvalue weighted by Crippen LogP contribution is -2.30. The van der Waals surface area contributed by atoms with E-state index in [-0.39, 0.29) is 12.4 Å². The molecule has 1 aromatic heterocycles. The summed E-state index contributed by atoms with van der Waals surface area (Å²) in [5.74, 6) is -0.446. The highest BCUT2D eigenvalue weighted by atomic mass is 79.9. The van der Waals surface area contributed by atoms with Gasteiger partial charge in [0.2, 0.25) is 5.91 Å². The second-order valence-corrected chi connectivity index (χ2v) is 4.77. The minimum Gasteiger partial charge on any atom is -0.383 e. The highest BCUT2D eigenvalue weighted by Gasteiger charge is 2.10. The van der Waals surface area contributed by atoms with Gasteiger partial charge in [-0.3, -0.25) is 4.79 Å². The summed E-state index contributed by atoms with van der Waals surface area (Å²) < 4.78 is 14.7. The third-order valence-electron chi connectivity index (χ3n) is 1.43. The van der Waals surface area contributed by atoms with Crippen LogP contribution in [0.4, 0.5) is 5.82 Å². The fourth-order valence-corrected chi connectivity index (χ4v) is 2.18. The average molecular weight is 293 g/mol. The number of nitrogens with one attached hydrogen (secondary N) is 1. The summed E-state index contributed by atoms with van der Waals surface area (Å²) in [4.78, 5) is 14.6. The molecule has 1 atom stereocenters. The fourth-order valence-electron chi connectivity index (χ4n) is 0.794. The molecule has 8 heteroatoms. The van der Waals surface area contributed by atoms with Gasteiger partial charge in [0, 0.05) is 10.7 Å². The number of nitrogens with zero attached hydrogens (tertiary/aromatic N) is 1. The number of carbonyl (C=O) groups excluding carboxylic acids is 1. The smallest absolute Gasteiger partial charge is 0.232 e. The van der Waals surface area contributed by atoms with Gasteiger partial charge in [0.05, 0.1) is 11.4 Å². The minimum atomic E-state index is -1.59. The van der Waals surface area contributed by atoms with Gasteiger partial charge >= 0.3 is 0 Å². The zero-order valence-electron chi connectivity index (χ0n) is 7.57. The van der Waals surface area contributed by atoms with Crippen molar-refractivity contribution in [2.75, 3.05) is 12.3 Å². The third kappa shape index (κ3) is 3.57. The molecule has 0 aliphatic rings. The van der Waals surface area contributed by atoms with Crippen LogP contribution in [0.25, 0.3) is 0 Å². The van der Waals surface area contributed by atoms with E-state index in [0.717, 1.165) is 0 Å². The Morgan fingerprint density at radius 3 is 2.93 bits per heavy atom. The molecule has 0 bridgehead atoms. The molecule has 0 aromatic carbocycles.